The van der Waals surface area contributed by atoms with Crippen molar-refractivity contribution < 1.29 is 10.0 Å². The lowest BCUT2D eigenvalue weighted by molar-refractivity contribution is 0.424. The molecule has 2 rings (SSSR count). The molecule has 0 atom stereocenters. The first-order valence-electron chi connectivity index (χ1n) is 5.07. The SMILES string of the molecule is Cc1ccc2cc(/C=C/B(O)O)ccc2n1. The van der Waals surface area contributed by atoms with Crippen LogP contribution < -0.4 is 0 Å². The third-order valence-electron chi connectivity index (χ3n) is 2.31. The van der Waals surface area contributed by atoms with Gasteiger partial charge in [0, 0.05) is 11.1 Å². The van der Waals surface area contributed by atoms with Crippen LogP contribution in [0, 0.1) is 6.92 Å². The number of benzene rings is 1. The van der Waals surface area contributed by atoms with Crippen molar-refractivity contribution in [2.45, 2.75) is 6.92 Å². The lowest BCUT2D eigenvalue weighted by Crippen LogP contribution is -2.05. The first kappa shape index (κ1) is 10.9. The zero-order valence-electron chi connectivity index (χ0n) is 8.96. The fraction of sp³-hybridized carbons (Fsp3) is 0.0833. The van der Waals surface area contributed by atoms with E-state index in [9.17, 15) is 0 Å². The molecule has 0 radical (unpaired) electrons. The maximum atomic E-state index is 8.72. The van der Waals surface area contributed by atoms with Crippen molar-refractivity contribution in [2.24, 2.45) is 0 Å². The van der Waals surface area contributed by atoms with E-state index in [0.717, 1.165) is 22.2 Å². The largest absolute Gasteiger partial charge is 0.480 e. The Morgan fingerprint density at radius 1 is 1.19 bits per heavy atom. The summed E-state index contributed by atoms with van der Waals surface area (Å²) < 4.78 is 0. The molecule has 1 aromatic heterocycles. The highest BCUT2D eigenvalue weighted by atomic mass is 16.4. The molecule has 3 nitrogen and oxygen atoms in total. The Balaban J connectivity index is 2.41. The molecule has 1 heterocycles. The van der Waals surface area contributed by atoms with E-state index in [2.05, 4.69) is 4.98 Å². The van der Waals surface area contributed by atoms with Crippen LogP contribution in [0.5, 0.6) is 0 Å². The molecule has 2 N–H and O–H groups in total. The summed E-state index contributed by atoms with van der Waals surface area (Å²) >= 11 is 0. The Bertz CT molecular complexity index is 538. The third-order valence-corrected chi connectivity index (χ3v) is 2.31. The lowest BCUT2D eigenvalue weighted by atomic mass is 9.90. The van der Waals surface area contributed by atoms with Crippen LogP contribution in [-0.2, 0) is 0 Å². The summed E-state index contributed by atoms with van der Waals surface area (Å²) in [5.74, 6) is 1.32. The number of hydrogen-bond acceptors (Lipinski definition) is 3. The number of rotatable bonds is 2. The summed E-state index contributed by atoms with van der Waals surface area (Å²) in [6, 6.07) is 9.74. The summed E-state index contributed by atoms with van der Waals surface area (Å²) in [5.41, 5.74) is 2.86. The van der Waals surface area contributed by atoms with Crippen molar-refractivity contribution >= 4 is 24.1 Å². The fourth-order valence-corrected chi connectivity index (χ4v) is 1.55. The van der Waals surface area contributed by atoms with Gasteiger partial charge in [0.05, 0.1) is 5.52 Å². The monoisotopic (exact) mass is 213 g/mol. The zero-order chi connectivity index (χ0) is 11.5. The molecule has 4 heteroatoms. The second-order valence-electron chi connectivity index (χ2n) is 3.68. The molecule has 0 bridgehead atoms. The Hall–Kier alpha value is -1.65. The van der Waals surface area contributed by atoms with Crippen LogP contribution in [0.3, 0.4) is 0 Å². The predicted molar refractivity (Wildman–Crippen MR) is 65.7 cm³/mol. The van der Waals surface area contributed by atoms with Crippen LogP contribution in [0.4, 0.5) is 0 Å². The van der Waals surface area contributed by atoms with Gasteiger partial charge in [-0.3, -0.25) is 4.98 Å². The summed E-state index contributed by atoms with van der Waals surface area (Å²) in [7, 11) is -1.41. The molecule has 0 aliphatic carbocycles. The molecular formula is C12H12BNO2. The topological polar surface area (TPSA) is 53.4 Å². The van der Waals surface area contributed by atoms with Crippen LogP contribution in [0.1, 0.15) is 11.3 Å². The van der Waals surface area contributed by atoms with Crippen molar-refractivity contribution in [3.05, 3.63) is 47.6 Å². The maximum absolute atomic E-state index is 8.72. The molecule has 16 heavy (non-hydrogen) atoms. The minimum atomic E-state index is -1.41. The number of fused-ring (bicyclic) bond motifs is 1. The van der Waals surface area contributed by atoms with Crippen molar-refractivity contribution in [1.29, 1.82) is 0 Å². The van der Waals surface area contributed by atoms with Gasteiger partial charge in [-0.15, -0.1) is 0 Å². The van der Waals surface area contributed by atoms with E-state index in [4.69, 9.17) is 10.0 Å². The minimum absolute atomic E-state index is 0.922. The number of pyridine rings is 1. The van der Waals surface area contributed by atoms with Gasteiger partial charge in [-0.25, -0.2) is 0 Å². The molecule has 2 aromatic rings. The van der Waals surface area contributed by atoms with Gasteiger partial charge in [-0.1, -0.05) is 24.2 Å². The zero-order valence-corrected chi connectivity index (χ0v) is 8.96. The van der Waals surface area contributed by atoms with Gasteiger partial charge < -0.3 is 10.0 Å². The first-order valence-corrected chi connectivity index (χ1v) is 5.07. The summed E-state index contributed by atoms with van der Waals surface area (Å²) in [6.45, 7) is 1.95. The average Bonchev–Trinajstić information content (AvgIpc) is 2.26. The Kier molecular flexibility index (Phi) is 3.03. The van der Waals surface area contributed by atoms with Gasteiger partial charge in [0.25, 0.3) is 0 Å². The predicted octanol–water partition coefficient (Wildman–Crippen LogP) is 1.57. The van der Waals surface area contributed by atoms with Crippen LogP contribution >= 0.6 is 0 Å². The van der Waals surface area contributed by atoms with E-state index < -0.39 is 7.12 Å². The fourth-order valence-electron chi connectivity index (χ4n) is 1.55. The van der Waals surface area contributed by atoms with Gasteiger partial charge in [-0.2, -0.15) is 0 Å². The molecule has 0 amide bonds. The number of nitrogens with zero attached hydrogens (tertiary/aromatic N) is 1. The van der Waals surface area contributed by atoms with E-state index in [1.54, 1.807) is 6.08 Å². The van der Waals surface area contributed by atoms with Gasteiger partial charge in [0.2, 0.25) is 0 Å². The van der Waals surface area contributed by atoms with Gasteiger partial charge >= 0.3 is 7.12 Å². The highest BCUT2D eigenvalue weighted by Crippen LogP contribution is 2.15. The van der Waals surface area contributed by atoms with E-state index in [1.165, 1.54) is 5.98 Å². The van der Waals surface area contributed by atoms with Crippen LogP contribution in [0.2, 0.25) is 0 Å². The van der Waals surface area contributed by atoms with Crippen LogP contribution in [0.15, 0.2) is 36.3 Å². The van der Waals surface area contributed by atoms with Gasteiger partial charge in [0.15, 0.2) is 0 Å². The maximum Gasteiger partial charge on any atom is 0.480 e. The van der Waals surface area contributed by atoms with Crippen molar-refractivity contribution in [3.63, 3.8) is 0 Å². The summed E-state index contributed by atoms with van der Waals surface area (Å²) in [6.07, 6.45) is 1.67. The van der Waals surface area contributed by atoms with E-state index in [1.807, 2.05) is 37.3 Å². The molecule has 0 aliphatic rings. The molecule has 0 fully saturated rings. The molecule has 0 spiro atoms. The summed E-state index contributed by atoms with van der Waals surface area (Å²) in [4.78, 5) is 4.39. The summed E-state index contributed by atoms with van der Waals surface area (Å²) in [5, 5.41) is 18.5. The third kappa shape index (κ3) is 2.48. The lowest BCUT2D eigenvalue weighted by Gasteiger charge is -2.00. The normalized spacial score (nSPS) is 11.2. The quantitative estimate of drug-likeness (QED) is 0.744. The Morgan fingerprint density at radius 2 is 2.00 bits per heavy atom. The standard InChI is InChI=1S/C12H12BNO2/c1-9-2-4-11-8-10(6-7-13(15)16)3-5-12(11)14-9/h2-8,15-16H,1H3/b7-6+. The van der Waals surface area contributed by atoms with Crippen LogP contribution in [0.25, 0.3) is 17.0 Å². The highest BCUT2D eigenvalue weighted by molar-refractivity contribution is 6.48. The molecular weight excluding hydrogens is 201 g/mol. The van der Waals surface area contributed by atoms with Crippen LogP contribution in [-0.4, -0.2) is 22.2 Å². The Labute approximate surface area is 94.2 Å². The smallest absolute Gasteiger partial charge is 0.424 e. The first-order chi connectivity index (χ1) is 7.65. The number of aromatic nitrogens is 1. The molecule has 80 valence electrons. The van der Waals surface area contributed by atoms with E-state index >= 15 is 0 Å². The molecule has 0 saturated carbocycles. The van der Waals surface area contributed by atoms with E-state index in [0.29, 0.717) is 0 Å². The van der Waals surface area contributed by atoms with Gasteiger partial charge in [0.1, 0.15) is 0 Å². The van der Waals surface area contributed by atoms with Crippen molar-refractivity contribution in [3.8, 4) is 0 Å². The average molecular weight is 213 g/mol. The molecule has 0 saturated heterocycles. The second-order valence-corrected chi connectivity index (χ2v) is 3.68. The second kappa shape index (κ2) is 4.47. The number of aryl methyl sites for hydroxylation is 1. The highest BCUT2D eigenvalue weighted by Gasteiger charge is 1.99. The van der Waals surface area contributed by atoms with Gasteiger partial charge in [-0.05, 0) is 30.7 Å². The molecule has 1 aromatic carbocycles. The molecule has 0 aliphatic heterocycles. The Morgan fingerprint density at radius 3 is 2.75 bits per heavy atom. The minimum Gasteiger partial charge on any atom is -0.424 e. The van der Waals surface area contributed by atoms with Crippen molar-refractivity contribution in [1.82, 2.24) is 4.98 Å². The van der Waals surface area contributed by atoms with E-state index in [-0.39, 0.29) is 0 Å². The molecule has 0 unspecified atom stereocenters. The van der Waals surface area contributed by atoms with Crippen molar-refractivity contribution in [2.75, 3.05) is 0 Å². The number of hydrogen-bond donors (Lipinski definition) is 2.